The SMILES string of the molecule is COc1ccc(OCCCN2CCNCC2C(C)C)cc1. The molecule has 1 aliphatic rings. The van der Waals surface area contributed by atoms with Gasteiger partial charge in [0.1, 0.15) is 11.5 Å². The largest absolute Gasteiger partial charge is 0.497 e. The third kappa shape index (κ3) is 4.90. The molecule has 0 bridgehead atoms. The fourth-order valence-electron chi connectivity index (χ4n) is 2.83. The van der Waals surface area contributed by atoms with Crippen LogP contribution in [0.15, 0.2) is 24.3 Å². The Bertz CT molecular complexity index is 406. The molecule has 1 fully saturated rings. The molecule has 1 aliphatic heterocycles. The maximum Gasteiger partial charge on any atom is 0.119 e. The normalized spacial score (nSPS) is 19.7. The summed E-state index contributed by atoms with van der Waals surface area (Å²) in [7, 11) is 1.68. The fraction of sp³-hybridized carbons (Fsp3) is 0.647. The van der Waals surface area contributed by atoms with Gasteiger partial charge in [-0.25, -0.2) is 0 Å². The number of ether oxygens (including phenoxy) is 2. The lowest BCUT2D eigenvalue weighted by molar-refractivity contribution is 0.116. The van der Waals surface area contributed by atoms with Crippen LogP contribution in [0.2, 0.25) is 0 Å². The second-order valence-electron chi connectivity index (χ2n) is 5.93. The Morgan fingerprint density at radius 3 is 2.62 bits per heavy atom. The highest BCUT2D eigenvalue weighted by Crippen LogP contribution is 2.17. The van der Waals surface area contributed by atoms with Gasteiger partial charge in [0.05, 0.1) is 13.7 Å². The number of methoxy groups -OCH3 is 1. The Kier molecular flexibility index (Phi) is 6.33. The lowest BCUT2D eigenvalue weighted by Gasteiger charge is -2.38. The molecule has 0 amide bonds. The van der Waals surface area contributed by atoms with Crippen LogP contribution in [0.25, 0.3) is 0 Å². The van der Waals surface area contributed by atoms with E-state index in [1.165, 1.54) is 0 Å². The van der Waals surface area contributed by atoms with E-state index in [0.29, 0.717) is 12.0 Å². The van der Waals surface area contributed by atoms with Gasteiger partial charge in [-0.1, -0.05) is 13.8 Å². The van der Waals surface area contributed by atoms with E-state index in [9.17, 15) is 0 Å². The van der Waals surface area contributed by atoms with E-state index in [2.05, 4.69) is 24.1 Å². The molecule has 0 radical (unpaired) electrons. The summed E-state index contributed by atoms with van der Waals surface area (Å²) in [6, 6.07) is 8.43. The van der Waals surface area contributed by atoms with E-state index in [4.69, 9.17) is 9.47 Å². The van der Waals surface area contributed by atoms with Gasteiger partial charge in [-0.2, -0.15) is 0 Å². The van der Waals surface area contributed by atoms with Crippen LogP contribution < -0.4 is 14.8 Å². The molecule has 4 nitrogen and oxygen atoms in total. The second kappa shape index (κ2) is 8.25. The molecule has 0 aliphatic carbocycles. The topological polar surface area (TPSA) is 33.7 Å². The van der Waals surface area contributed by atoms with Gasteiger partial charge in [-0.15, -0.1) is 0 Å². The summed E-state index contributed by atoms with van der Waals surface area (Å²) in [5.74, 6) is 2.47. The number of nitrogens with one attached hydrogen (secondary N) is 1. The van der Waals surface area contributed by atoms with Crippen molar-refractivity contribution in [2.24, 2.45) is 5.92 Å². The summed E-state index contributed by atoms with van der Waals surface area (Å²) in [6.07, 6.45) is 1.06. The molecule has 1 aromatic carbocycles. The van der Waals surface area contributed by atoms with Crippen molar-refractivity contribution in [2.45, 2.75) is 26.3 Å². The summed E-state index contributed by atoms with van der Waals surface area (Å²) in [5.41, 5.74) is 0. The Balaban J connectivity index is 1.70. The molecular weight excluding hydrogens is 264 g/mol. The molecule has 0 spiro atoms. The van der Waals surface area contributed by atoms with Crippen molar-refractivity contribution in [2.75, 3.05) is 39.9 Å². The maximum absolute atomic E-state index is 5.79. The van der Waals surface area contributed by atoms with Crippen LogP contribution in [-0.2, 0) is 0 Å². The second-order valence-corrected chi connectivity index (χ2v) is 5.93. The number of piperazine rings is 1. The van der Waals surface area contributed by atoms with Gasteiger partial charge in [-0.3, -0.25) is 4.90 Å². The van der Waals surface area contributed by atoms with Crippen molar-refractivity contribution in [1.82, 2.24) is 10.2 Å². The van der Waals surface area contributed by atoms with Crippen LogP contribution in [0.1, 0.15) is 20.3 Å². The first-order chi connectivity index (χ1) is 10.2. The number of benzene rings is 1. The summed E-state index contributed by atoms with van der Waals surface area (Å²) < 4.78 is 10.9. The monoisotopic (exact) mass is 292 g/mol. The van der Waals surface area contributed by atoms with Crippen LogP contribution in [0.3, 0.4) is 0 Å². The first kappa shape index (κ1) is 16.1. The Hall–Kier alpha value is -1.26. The summed E-state index contributed by atoms with van der Waals surface area (Å²) in [4.78, 5) is 2.60. The minimum Gasteiger partial charge on any atom is -0.497 e. The van der Waals surface area contributed by atoms with Gasteiger partial charge in [0, 0.05) is 32.2 Å². The molecule has 1 atom stereocenters. The highest BCUT2D eigenvalue weighted by molar-refractivity contribution is 5.31. The quantitative estimate of drug-likeness (QED) is 0.783. The van der Waals surface area contributed by atoms with E-state index in [0.717, 1.165) is 50.7 Å². The standard InChI is InChI=1S/C17H28N2O2/c1-14(2)17-13-18-9-11-19(17)10-4-12-21-16-7-5-15(20-3)6-8-16/h5-8,14,17-18H,4,9-13H2,1-3H3. The van der Waals surface area contributed by atoms with Crippen molar-refractivity contribution in [1.29, 1.82) is 0 Å². The van der Waals surface area contributed by atoms with Crippen LogP contribution in [-0.4, -0.2) is 50.8 Å². The Morgan fingerprint density at radius 1 is 1.24 bits per heavy atom. The molecule has 21 heavy (non-hydrogen) atoms. The smallest absolute Gasteiger partial charge is 0.119 e. The zero-order valence-electron chi connectivity index (χ0n) is 13.5. The van der Waals surface area contributed by atoms with E-state index >= 15 is 0 Å². The van der Waals surface area contributed by atoms with Crippen molar-refractivity contribution in [3.8, 4) is 11.5 Å². The first-order valence-corrected chi connectivity index (χ1v) is 7.92. The van der Waals surface area contributed by atoms with Crippen molar-refractivity contribution < 1.29 is 9.47 Å². The number of hydrogen-bond acceptors (Lipinski definition) is 4. The summed E-state index contributed by atoms with van der Waals surface area (Å²) >= 11 is 0. The predicted molar refractivity (Wildman–Crippen MR) is 86.2 cm³/mol. The lowest BCUT2D eigenvalue weighted by atomic mass is 10.0. The molecule has 1 aromatic rings. The van der Waals surface area contributed by atoms with Gasteiger partial charge in [0.15, 0.2) is 0 Å². The number of rotatable bonds is 7. The predicted octanol–water partition coefficient (Wildman–Crippen LogP) is 2.39. The van der Waals surface area contributed by atoms with E-state index in [-0.39, 0.29) is 0 Å². The molecule has 1 unspecified atom stereocenters. The van der Waals surface area contributed by atoms with Gasteiger partial charge < -0.3 is 14.8 Å². The first-order valence-electron chi connectivity index (χ1n) is 7.92. The Morgan fingerprint density at radius 2 is 1.95 bits per heavy atom. The van der Waals surface area contributed by atoms with E-state index in [1.54, 1.807) is 7.11 Å². The molecule has 1 saturated heterocycles. The maximum atomic E-state index is 5.79. The van der Waals surface area contributed by atoms with Crippen molar-refractivity contribution in [3.05, 3.63) is 24.3 Å². The molecule has 0 saturated carbocycles. The zero-order valence-corrected chi connectivity index (χ0v) is 13.5. The van der Waals surface area contributed by atoms with Gasteiger partial charge in [-0.05, 0) is 36.6 Å². The average Bonchev–Trinajstić information content (AvgIpc) is 2.52. The third-order valence-corrected chi connectivity index (χ3v) is 4.09. The molecular formula is C17H28N2O2. The van der Waals surface area contributed by atoms with Crippen molar-refractivity contribution in [3.63, 3.8) is 0 Å². The van der Waals surface area contributed by atoms with Crippen LogP contribution in [0.4, 0.5) is 0 Å². The molecule has 4 heteroatoms. The highest BCUT2D eigenvalue weighted by Gasteiger charge is 2.23. The third-order valence-electron chi connectivity index (χ3n) is 4.09. The van der Waals surface area contributed by atoms with Crippen LogP contribution in [0.5, 0.6) is 11.5 Å². The number of hydrogen-bond donors (Lipinski definition) is 1. The molecule has 118 valence electrons. The van der Waals surface area contributed by atoms with E-state index in [1.807, 2.05) is 24.3 Å². The van der Waals surface area contributed by atoms with Crippen molar-refractivity contribution >= 4 is 0 Å². The minimum atomic E-state index is 0.653. The summed E-state index contributed by atoms with van der Waals surface area (Å²) in [5, 5.41) is 3.49. The molecule has 0 aromatic heterocycles. The fourth-order valence-corrected chi connectivity index (χ4v) is 2.83. The lowest BCUT2D eigenvalue weighted by Crippen LogP contribution is -2.53. The molecule has 1 heterocycles. The van der Waals surface area contributed by atoms with Crippen LogP contribution >= 0.6 is 0 Å². The van der Waals surface area contributed by atoms with E-state index < -0.39 is 0 Å². The average molecular weight is 292 g/mol. The highest BCUT2D eigenvalue weighted by atomic mass is 16.5. The minimum absolute atomic E-state index is 0.653. The van der Waals surface area contributed by atoms with Crippen LogP contribution in [0, 0.1) is 5.92 Å². The number of nitrogens with zero attached hydrogens (tertiary/aromatic N) is 1. The molecule has 2 rings (SSSR count). The van der Waals surface area contributed by atoms with Gasteiger partial charge in [0.2, 0.25) is 0 Å². The van der Waals surface area contributed by atoms with Gasteiger partial charge in [0.25, 0.3) is 0 Å². The summed E-state index contributed by atoms with van der Waals surface area (Å²) in [6.45, 7) is 9.84. The van der Waals surface area contributed by atoms with Gasteiger partial charge >= 0.3 is 0 Å². The molecule has 1 N–H and O–H groups in total. The zero-order chi connectivity index (χ0) is 15.1. The Labute approximate surface area is 128 Å².